The van der Waals surface area contributed by atoms with Gasteiger partial charge in [-0.3, -0.25) is 0 Å². The van der Waals surface area contributed by atoms with Crippen LogP contribution in [0.5, 0.6) is 0 Å². The Bertz CT molecular complexity index is 3230. The van der Waals surface area contributed by atoms with Gasteiger partial charge in [0.05, 0.1) is 11.0 Å². The Kier molecular flexibility index (Phi) is 7.53. The topological polar surface area (TPSA) is 8.17 Å². The van der Waals surface area contributed by atoms with Gasteiger partial charge in [-0.05, 0) is 121 Å². The van der Waals surface area contributed by atoms with Crippen molar-refractivity contribution in [2.24, 2.45) is 0 Å². The minimum Gasteiger partial charge on any atom is -0.310 e. The molecule has 11 aromatic rings. The SMILES string of the molecule is c1ccc(-c2cccc(N(c3ccc(-c4cc5ccccc5c5ccccc45)cc3)c3ccc(-n4c5ccccc5c5c6ccccc6ccc54)cc3)c2)cc1. The zero-order valence-corrected chi connectivity index (χ0v) is 30.7. The number of aromatic nitrogens is 1. The fraction of sp³-hybridized carbons (Fsp3) is 0. The van der Waals surface area contributed by atoms with Gasteiger partial charge in [0, 0.05) is 33.5 Å². The van der Waals surface area contributed by atoms with Crippen molar-refractivity contribution in [3.8, 4) is 27.9 Å². The summed E-state index contributed by atoms with van der Waals surface area (Å²) in [5.41, 5.74) is 11.7. The molecule has 0 aliphatic heterocycles. The first-order valence-electron chi connectivity index (χ1n) is 19.3. The monoisotopic (exact) mass is 712 g/mol. The first-order valence-corrected chi connectivity index (χ1v) is 19.3. The van der Waals surface area contributed by atoms with Crippen molar-refractivity contribution in [3.63, 3.8) is 0 Å². The van der Waals surface area contributed by atoms with E-state index in [9.17, 15) is 0 Å². The van der Waals surface area contributed by atoms with Gasteiger partial charge in [0.15, 0.2) is 0 Å². The van der Waals surface area contributed by atoms with E-state index < -0.39 is 0 Å². The van der Waals surface area contributed by atoms with Crippen LogP contribution < -0.4 is 4.90 Å². The van der Waals surface area contributed by atoms with E-state index >= 15 is 0 Å². The van der Waals surface area contributed by atoms with Crippen LogP contribution in [0.2, 0.25) is 0 Å². The minimum atomic E-state index is 1.09. The molecule has 1 aromatic heterocycles. The molecule has 11 rings (SSSR count). The molecule has 0 aliphatic carbocycles. The minimum absolute atomic E-state index is 1.09. The van der Waals surface area contributed by atoms with Gasteiger partial charge in [0.25, 0.3) is 0 Å². The van der Waals surface area contributed by atoms with Crippen molar-refractivity contribution in [2.75, 3.05) is 4.90 Å². The number of para-hydroxylation sites is 1. The average molecular weight is 713 g/mol. The molecule has 0 amide bonds. The largest absolute Gasteiger partial charge is 0.310 e. The Morgan fingerprint density at radius 3 is 1.70 bits per heavy atom. The van der Waals surface area contributed by atoms with Gasteiger partial charge in [0.1, 0.15) is 0 Å². The molecule has 1 heterocycles. The van der Waals surface area contributed by atoms with Crippen LogP contribution in [0.4, 0.5) is 17.1 Å². The molecule has 0 saturated carbocycles. The Morgan fingerprint density at radius 1 is 0.304 bits per heavy atom. The van der Waals surface area contributed by atoms with Crippen molar-refractivity contribution in [1.29, 1.82) is 0 Å². The van der Waals surface area contributed by atoms with E-state index in [1.807, 2.05) is 0 Å². The van der Waals surface area contributed by atoms with Crippen LogP contribution in [0, 0.1) is 0 Å². The van der Waals surface area contributed by atoms with Crippen LogP contribution in [0.1, 0.15) is 0 Å². The summed E-state index contributed by atoms with van der Waals surface area (Å²) in [6.45, 7) is 0. The molecule has 262 valence electrons. The molecular weight excluding hydrogens is 677 g/mol. The molecule has 0 saturated heterocycles. The number of rotatable bonds is 6. The van der Waals surface area contributed by atoms with E-state index in [4.69, 9.17) is 0 Å². The standard InChI is InChI=1S/C54H36N2/c1-2-13-37(14-3-1)40-17-12-18-45(35-40)55(42-28-25-39(26-29-42)51-36-41-16-5-6-19-46(41)48-21-8-9-22-49(48)51)43-30-32-44(33-31-43)56-52-24-11-10-23-50(52)54-47-20-7-4-15-38(47)27-34-53(54)56/h1-36H. The second-order valence-electron chi connectivity index (χ2n) is 14.5. The molecule has 2 nitrogen and oxygen atoms in total. The lowest BCUT2D eigenvalue weighted by Crippen LogP contribution is -2.10. The van der Waals surface area contributed by atoms with Gasteiger partial charge in [-0.1, -0.05) is 152 Å². The van der Waals surface area contributed by atoms with Crippen molar-refractivity contribution < 1.29 is 0 Å². The molecule has 10 aromatic carbocycles. The highest BCUT2D eigenvalue weighted by Gasteiger charge is 2.18. The summed E-state index contributed by atoms with van der Waals surface area (Å²) >= 11 is 0. The third-order valence-electron chi connectivity index (χ3n) is 11.3. The Balaban J connectivity index is 1.05. The van der Waals surface area contributed by atoms with Gasteiger partial charge in [-0.15, -0.1) is 0 Å². The number of fused-ring (bicyclic) bond motifs is 8. The van der Waals surface area contributed by atoms with Crippen molar-refractivity contribution in [2.45, 2.75) is 0 Å². The second kappa shape index (κ2) is 13.2. The van der Waals surface area contributed by atoms with Crippen LogP contribution in [0.3, 0.4) is 0 Å². The van der Waals surface area contributed by atoms with Gasteiger partial charge in [-0.2, -0.15) is 0 Å². The van der Waals surface area contributed by atoms with Crippen LogP contribution in [-0.4, -0.2) is 4.57 Å². The number of nitrogens with zero attached hydrogens (tertiary/aromatic N) is 2. The zero-order chi connectivity index (χ0) is 37.0. The Hall–Kier alpha value is -7.42. The van der Waals surface area contributed by atoms with E-state index in [1.165, 1.54) is 76.4 Å². The van der Waals surface area contributed by atoms with E-state index in [0.29, 0.717) is 0 Å². The van der Waals surface area contributed by atoms with Crippen LogP contribution in [0.25, 0.3) is 82.1 Å². The van der Waals surface area contributed by atoms with Crippen molar-refractivity contribution in [3.05, 3.63) is 218 Å². The smallest absolute Gasteiger partial charge is 0.0547 e. The molecular formula is C54H36N2. The summed E-state index contributed by atoms with van der Waals surface area (Å²) in [6, 6.07) is 79.4. The summed E-state index contributed by atoms with van der Waals surface area (Å²) in [5, 5.41) is 10.2. The van der Waals surface area contributed by atoms with E-state index in [1.54, 1.807) is 0 Å². The maximum atomic E-state index is 2.41. The molecule has 0 aliphatic rings. The molecule has 0 spiro atoms. The van der Waals surface area contributed by atoms with E-state index in [2.05, 4.69) is 228 Å². The third kappa shape index (κ3) is 5.26. The van der Waals surface area contributed by atoms with E-state index in [0.717, 1.165) is 22.7 Å². The van der Waals surface area contributed by atoms with Gasteiger partial charge in [0.2, 0.25) is 0 Å². The summed E-state index contributed by atoms with van der Waals surface area (Å²) in [4.78, 5) is 2.37. The molecule has 0 bridgehead atoms. The number of hydrogen-bond donors (Lipinski definition) is 0. The highest BCUT2D eigenvalue weighted by molar-refractivity contribution is 6.21. The second-order valence-corrected chi connectivity index (χ2v) is 14.5. The predicted octanol–water partition coefficient (Wildman–Crippen LogP) is 15.0. The zero-order valence-electron chi connectivity index (χ0n) is 30.7. The Morgan fingerprint density at radius 2 is 0.911 bits per heavy atom. The third-order valence-corrected chi connectivity index (χ3v) is 11.3. The first kappa shape index (κ1) is 32.0. The summed E-state index contributed by atoms with van der Waals surface area (Å²) in [5.74, 6) is 0. The maximum Gasteiger partial charge on any atom is 0.0547 e. The number of benzene rings is 10. The van der Waals surface area contributed by atoms with Crippen LogP contribution in [-0.2, 0) is 0 Å². The molecule has 0 unspecified atom stereocenters. The maximum absolute atomic E-state index is 2.41. The van der Waals surface area contributed by atoms with Crippen LogP contribution >= 0.6 is 0 Å². The quantitative estimate of drug-likeness (QED) is 0.156. The Labute approximate surface area is 325 Å². The summed E-state index contributed by atoms with van der Waals surface area (Å²) < 4.78 is 2.41. The van der Waals surface area contributed by atoms with Crippen LogP contribution in [0.15, 0.2) is 218 Å². The molecule has 0 N–H and O–H groups in total. The molecule has 2 heteroatoms. The van der Waals surface area contributed by atoms with Crippen molar-refractivity contribution in [1.82, 2.24) is 4.57 Å². The van der Waals surface area contributed by atoms with E-state index in [-0.39, 0.29) is 0 Å². The predicted molar refractivity (Wildman–Crippen MR) is 239 cm³/mol. The summed E-state index contributed by atoms with van der Waals surface area (Å²) in [6.07, 6.45) is 0. The first-order chi connectivity index (χ1) is 27.8. The van der Waals surface area contributed by atoms with Gasteiger partial charge < -0.3 is 9.47 Å². The lowest BCUT2D eigenvalue weighted by Gasteiger charge is -2.26. The highest BCUT2D eigenvalue weighted by atomic mass is 15.1. The highest BCUT2D eigenvalue weighted by Crippen LogP contribution is 2.41. The normalized spacial score (nSPS) is 11.6. The average Bonchev–Trinajstić information content (AvgIpc) is 3.62. The molecule has 0 atom stereocenters. The lowest BCUT2D eigenvalue weighted by molar-refractivity contribution is 1.17. The molecule has 0 fully saturated rings. The number of anilines is 3. The summed E-state index contributed by atoms with van der Waals surface area (Å²) in [7, 11) is 0. The number of hydrogen-bond acceptors (Lipinski definition) is 1. The molecule has 56 heavy (non-hydrogen) atoms. The lowest BCUT2D eigenvalue weighted by atomic mass is 9.93. The fourth-order valence-corrected chi connectivity index (χ4v) is 8.75. The van der Waals surface area contributed by atoms with Gasteiger partial charge in [-0.25, -0.2) is 0 Å². The molecule has 0 radical (unpaired) electrons. The van der Waals surface area contributed by atoms with Gasteiger partial charge >= 0.3 is 0 Å². The van der Waals surface area contributed by atoms with Crippen molar-refractivity contribution >= 4 is 71.2 Å². The fourth-order valence-electron chi connectivity index (χ4n) is 8.75.